The fraction of sp³-hybridized carbons (Fsp3) is 0.917. The van der Waals surface area contributed by atoms with Gasteiger partial charge in [-0.3, -0.25) is 0 Å². The van der Waals surface area contributed by atoms with Crippen LogP contribution >= 0.6 is 0 Å². The van der Waals surface area contributed by atoms with Gasteiger partial charge in [0.1, 0.15) is 6.29 Å². The summed E-state index contributed by atoms with van der Waals surface area (Å²) in [6.07, 6.45) is 8.88. The van der Waals surface area contributed by atoms with Crippen molar-refractivity contribution in [3.8, 4) is 0 Å². The van der Waals surface area contributed by atoms with E-state index in [4.69, 9.17) is 4.74 Å². The predicted octanol–water partition coefficient (Wildman–Crippen LogP) is 3.34. The lowest BCUT2D eigenvalue weighted by Crippen LogP contribution is -2.13. The average molecular weight is 200 g/mol. The van der Waals surface area contributed by atoms with Crippen molar-refractivity contribution in [2.24, 2.45) is 0 Å². The number of unbranched alkanes of at least 4 members (excludes halogenated alkanes) is 2. The van der Waals surface area contributed by atoms with E-state index in [1.807, 2.05) is 0 Å². The second-order valence-electron chi connectivity index (χ2n) is 3.73. The maximum absolute atomic E-state index is 10.1. The van der Waals surface area contributed by atoms with Crippen LogP contribution in [0.3, 0.4) is 0 Å². The van der Waals surface area contributed by atoms with E-state index in [1.54, 1.807) is 0 Å². The summed E-state index contributed by atoms with van der Waals surface area (Å²) in [6, 6.07) is 0. The van der Waals surface area contributed by atoms with Crippen molar-refractivity contribution in [1.82, 2.24) is 0 Å². The Bertz CT molecular complexity index is 123. The van der Waals surface area contributed by atoms with Crippen LogP contribution in [0, 0.1) is 0 Å². The van der Waals surface area contributed by atoms with Gasteiger partial charge in [0.15, 0.2) is 0 Å². The smallest absolute Gasteiger partial charge is 0.120 e. The second kappa shape index (κ2) is 10.7. The second-order valence-corrected chi connectivity index (χ2v) is 3.73. The minimum Gasteiger partial charge on any atom is -0.378 e. The molecule has 14 heavy (non-hydrogen) atoms. The molecule has 0 fully saturated rings. The van der Waals surface area contributed by atoms with E-state index < -0.39 is 0 Å². The van der Waals surface area contributed by atoms with Crippen LogP contribution in [0.1, 0.15) is 58.8 Å². The van der Waals surface area contributed by atoms with Crippen molar-refractivity contribution in [3.05, 3.63) is 0 Å². The van der Waals surface area contributed by atoms with Crippen molar-refractivity contribution in [2.75, 3.05) is 6.61 Å². The Balaban J connectivity index is 3.45. The zero-order valence-corrected chi connectivity index (χ0v) is 9.63. The zero-order valence-electron chi connectivity index (χ0n) is 9.63. The van der Waals surface area contributed by atoms with Crippen LogP contribution < -0.4 is 0 Å². The highest BCUT2D eigenvalue weighted by Crippen LogP contribution is 2.11. The number of rotatable bonds is 10. The molecular weight excluding hydrogens is 176 g/mol. The van der Waals surface area contributed by atoms with Gasteiger partial charge in [-0.1, -0.05) is 33.1 Å². The molecule has 0 aromatic heterocycles. The molecule has 0 saturated carbocycles. The average Bonchev–Trinajstić information content (AvgIpc) is 2.20. The van der Waals surface area contributed by atoms with Gasteiger partial charge in [-0.2, -0.15) is 0 Å². The molecule has 0 aliphatic carbocycles. The van der Waals surface area contributed by atoms with E-state index in [2.05, 4.69) is 13.8 Å². The Morgan fingerprint density at radius 1 is 1.14 bits per heavy atom. The standard InChI is InChI=1S/C12H24O2/c1-3-5-9-12(8-4-2)14-11-7-6-10-13/h10,12H,3-9,11H2,1-2H3. The third kappa shape index (κ3) is 8.24. The number of carbonyl (C=O) groups is 1. The quantitative estimate of drug-likeness (QED) is 0.399. The van der Waals surface area contributed by atoms with Gasteiger partial charge in [-0.05, 0) is 19.3 Å². The molecule has 0 aliphatic heterocycles. The van der Waals surface area contributed by atoms with E-state index in [9.17, 15) is 4.79 Å². The molecule has 0 aliphatic rings. The summed E-state index contributed by atoms with van der Waals surface area (Å²) >= 11 is 0. The molecule has 2 heteroatoms. The molecule has 0 rings (SSSR count). The molecule has 0 heterocycles. The SMILES string of the molecule is CCCCC(CCC)OCCCC=O. The Morgan fingerprint density at radius 3 is 2.50 bits per heavy atom. The summed E-state index contributed by atoms with van der Waals surface area (Å²) in [5, 5.41) is 0. The summed E-state index contributed by atoms with van der Waals surface area (Å²) in [5.41, 5.74) is 0. The zero-order chi connectivity index (χ0) is 10.6. The summed E-state index contributed by atoms with van der Waals surface area (Å²) in [6.45, 7) is 5.14. The molecule has 0 amide bonds. The van der Waals surface area contributed by atoms with Gasteiger partial charge in [-0.15, -0.1) is 0 Å². The summed E-state index contributed by atoms with van der Waals surface area (Å²) in [5.74, 6) is 0. The normalized spacial score (nSPS) is 12.7. The highest BCUT2D eigenvalue weighted by atomic mass is 16.5. The van der Waals surface area contributed by atoms with Crippen molar-refractivity contribution in [1.29, 1.82) is 0 Å². The first-order valence-corrected chi connectivity index (χ1v) is 5.90. The van der Waals surface area contributed by atoms with Crippen molar-refractivity contribution >= 4 is 6.29 Å². The van der Waals surface area contributed by atoms with Crippen LogP contribution in [-0.2, 0) is 9.53 Å². The largest absolute Gasteiger partial charge is 0.378 e. The molecule has 0 aromatic rings. The van der Waals surface area contributed by atoms with E-state index in [1.165, 1.54) is 25.7 Å². The molecule has 0 N–H and O–H groups in total. The van der Waals surface area contributed by atoms with Crippen LogP contribution in [0.5, 0.6) is 0 Å². The first kappa shape index (κ1) is 13.6. The maximum atomic E-state index is 10.1. The fourth-order valence-corrected chi connectivity index (χ4v) is 1.48. The maximum Gasteiger partial charge on any atom is 0.120 e. The Morgan fingerprint density at radius 2 is 1.93 bits per heavy atom. The first-order chi connectivity index (χ1) is 6.85. The molecule has 0 aromatic carbocycles. The fourth-order valence-electron chi connectivity index (χ4n) is 1.48. The third-order valence-corrected chi connectivity index (χ3v) is 2.31. The van der Waals surface area contributed by atoms with Crippen molar-refractivity contribution in [2.45, 2.75) is 64.9 Å². The summed E-state index contributed by atoms with van der Waals surface area (Å²) in [4.78, 5) is 10.1. The Kier molecular flexibility index (Phi) is 10.4. The number of aldehydes is 1. The number of hydrogen-bond donors (Lipinski definition) is 0. The minimum atomic E-state index is 0.423. The lowest BCUT2D eigenvalue weighted by Gasteiger charge is -2.16. The molecule has 84 valence electrons. The van der Waals surface area contributed by atoms with Gasteiger partial charge >= 0.3 is 0 Å². The van der Waals surface area contributed by atoms with E-state index in [0.717, 1.165) is 25.7 Å². The number of ether oxygens (including phenoxy) is 1. The number of carbonyl (C=O) groups excluding carboxylic acids is 1. The molecule has 0 radical (unpaired) electrons. The van der Waals surface area contributed by atoms with Crippen molar-refractivity contribution < 1.29 is 9.53 Å². The minimum absolute atomic E-state index is 0.423. The van der Waals surface area contributed by atoms with Crippen LogP contribution in [0.4, 0.5) is 0 Å². The lowest BCUT2D eigenvalue weighted by molar-refractivity contribution is -0.108. The van der Waals surface area contributed by atoms with Crippen LogP contribution in [0.15, 0.2) is 0 Å². The van der Waals surface area contributed by atoms with Crippen LogP contribution in [-0.4, -0.2) is 19.0 Å². The molecule has 0 saturated heterocycles. The topological polar surface area (TPSA) is 26.3 Å². The van der Waals surface area contributed by atoms with E-state index >= 15 is 0 Å². The molecular formula is C12H24O2. The lowest BCUT2D eigenvalue weighted by atomic mass is 10.1. The Hall–Kier alpha value is -0.370. The van der Waals surface area contributed by atoms with Gasteiger partial charge in [0.05, 0.1) is 6.10 Å². The highest BCUT2D eigenvalue weighted by molar-refractivity contribution is 5.48. The van der Waals surface area contributed by atoms with E-state index in [-0.39, 0.29) is 0 Å². The highest BCUT2D eigenvalue weighted by Gasteiger charge is 2.06. The van der Waals surface area contributed by atoms with Gasteiger partial charge in [-0.25, -0.2) is 0 Å². The van der Waals surface area contributed by atoms with Crippen LogP contribution in [0.25, 0.3) is 0 Å². The van der Waals surface area contributed by atoms with E-state index in [0.29, 0.717) is 12.5 Å². The van der Waals surface area contributed by atoms with Gasteiger partial charge < -0.3 is 9.53 Å². The molecule has 0 spiro atoms. The van der Waals surface area contributed by atoms with Crippen molar-refractivity contribution in [3.63, 3.8) is 0 Å². The first-order valence-electron chi connectivity index (χ1n) is 5.90. The molecule has 1 unspecified atom stereocenters. The van der Waals surface area contributed by atoms with Gasteiger partial charge in [0, 0.05) is 13.0 Å². The van der Waals surface area contributed by atoms with Crippen LogP contribution in [0.2, 0.25) is 0 Å². The van der Waals surface area contributed by atoms with Gasteiger partial charge in [0.2, 0.25) is 0 Å². The molecule has 0 bridgehead atoms. The molecule has 1 atom stereocenters. The number of hydrogen-bond acceptors (Lipinski definition) is 2. The summed E-state index contributed by atoms with van der Waals surface area (Å²) in [7, 11) is 0. The van der Waals surface area contributed by atoms with Gasteiger partial charge in [0.25, 0.3) is 0 Å². The molecule has 2 nitrogen and oxygen atoms in total. The third-order valence-electron chi connectivity index (χ3n) is 2.31. The monoisotopic (exact) mass is 200 g/mol. The summed E-state index contributed by atoms with van der Waals surface area (Å²) < 4.78 is 5.73. The Labute approximate surface area is 88.0 Å². The predicted molar refractivity (Wildman–Crippen MR) is 59.5 cm³/mol.